The van der Waals surface area contributed by atoms with Gasteiger partial charge in [-0.2, -0.15) is 0 Å². The van der Waals surface area contributed by atoms with Gasteiger partial charge in [-0.25, -0.2) is 4.79 Å². The second kappa shape index (κ2) is 8.43. The number of rotatable bonds is 5. The first-order chi connectivity index (χ1) is 13.5. The highest BCUT2D eigenvalue weighted by Crippen LogP contribution is 2.40. The van der Waals surface area contributed by atoms with E-state index in [-0.39, 0.29) is 24.0 Å². The SMILES string of the molecule is CCOC(=O)C1=C(N)OC(C)=C(C(=O)Nc2ccccc2)[C@@H]1c1ccccc1. The molecule has 0 saturated carbocycles. The van der Waals surface area contributed by atoms with E-state index in [1.165, 1.54) is 0 Å². The summed E-state index contributed by atoms with van der Waals surface area (Å²) in [5.74, 6) is -1.38. The second-order valence-corrected chi connectivity index (χ2v) is 6.23. The highest BCUT2D eigenvalue weighted by Gasteiger charge is 2.39. The number of nitrogens with one attached hydrogen (secondary N) is 1. The van der Waals surface area contributed by atoms with Gasteiger partial charge >= 0.3 is 5.97 Å². The van der Waals surface area contributed by atoms with Crippen molar-refractivity contribution in [1.29, 1.82) is 0 Å². The summed E-state index contributed by atoms with van der Waals surface area (Å²) in [5.41, 5.74) is 7.85. The Morgan fingerprint density at radius 3 is 2.25 bits per heavy atom. The fourth-order valence-corrected chi connectivity index (χ4v) is 3.18. The molecule has 3 rings (SSSR count). The Morgan fingerprint density at radius 1 is 1.04 bits per heavy atom. The van der Waals surface area contributed by atoms with E-state index >= 15 is 0 Å². The lowest BCUT2D eigenvalue weighted by Gasteiger charge is -2.29. The normalized spacial score (nSPS) is 16.4. The van der Waals surface area contributed by atoms with Crippen molar-refractivity contribution >= 4 is 17.6 Å². The third-order valence-corrected chi connectivity index (χ3v) is 4.39. The van der Waals surface area contributed by atoms with Gasteiger partial charge in [-0.05, 0) is 31.5 Å². The quantitative estimate of drug-likeness (QED) is 0.778. The first-order valence-electron chi connectivity index (χ1n) is 8.99. The zero-order valence-corrected chi connectivity index (χ0v) is 15.8. The van der Waals surface area contributed by atoms with Crippen LogP contribution >= 0.6 is 0 Å². The van der Waals surface area contributed by atoms with Gasteiger partial charge in [-0.1, -0.05) is 48.5 Å². The average molecular weight is 378 g/mol. The number of nitrogens with two attached hydrogens (primary N) is 1. The summed E-state index contributed by atoms with van der Waals surface area (Å²) in [7, 11) is 0. The number of allylic oxidation sites excluding steroid dienone is 1. The summed E-state index contributed by atoms with van der Waals surface area (Å²) in [6, 6.07) is 18.3. The number of anilines is 1. The van der Waals surface area contributed by atoms with E-state index in [9.17, 15) is 9.59 Å². The van der Waals surface area contributed by atoms with E-state index in [1.807, 2.05) is 48.5 Å². The number of hydrogen-bond acceptors (Lipinski definition) is 5. The lowest BCUT2D eigenvalue weighted by atomic mass is 9.82. The summed E-state index contributed by atoms with van der Waals surface area (Å²) in [6.07, 6.45) is 0. The van der Waals surface area contributed by atoms with Crippen LogP contribution in [0.1, 0.15) is 25.3 Å². The Balaban J connectivity index is 2.06. The van der Waals surface area contributed by atoms with Crippen molar-refractivity contribution in [3.8, 4) is 0 Å². The average Bonchev–Trinajstić information content (AvgIpc) is 2.68. The summed E-state index contributed by atoms with van der Waals surface area (Å²) >= 11 is 0. The molecular formula is C22H22N2O4. The highest BCUT2D eigenvalue weighted by molar-refractivity contribution is 6.08. The third kappa shape index (κ3) is 3.91. The van der Waals surface area contributed by atoms with Gasteiger partial charge in [0.05, 0.1) is 18.1 Å². The Kier molecular flexibility index (Phi) is 5.79. The highest BCUT2D eigenvalue weighted by atomic mass is 16.5. The Bertz CT molecular complexity index is 934. The van der Waals surface area contributed by atoms with Crippen molar-refractivity contribution in [2.24, 2.45) is 5.73 Å². The third-order valence-electron chi connectivity index (χ3n) is 4.39. The van der Waals surface area contributed by atoms with E-state index in [0.717, 1.165) is 5.56 Å². The number of benzene rings is 2. The van der Waals surface area contributed by atoms with Gasteiger partial charge in [0.25, 0.3) is 5.91 Å². The van der Waals surface area contributed by atoms with Crippen molar-refractivity contribution in [2.45, 2.75) is 19.8 Å². The minimum absolute atomic E-state index is 0.0546. The molecule has 1 amide bonds. The second-order valence-electron chi connectivity index (χ2n) is 6.23. The number of ether oxygens (including phenoxy) is 2. The van der Waals surface area contributed by atoms with Gasteiger partial charge in [0.15, 0.2) is 0 Å². The largest absolute Gasteiger partial charge is 0.462 e. The molecule has 2 aromatic rings. The summed E-state index contributed by atoms with van der Waals surface area (Å²) in [5, 5.41) is 2.86. The van der Waals surface area contributed by atoms with Crippen LogP contribution in [0.4, 0.5) is 5.69 Å². The van der Waals surface area contributed by atoms with Crippen LogP contribution in [0.2, 0.25) is 0 Å². The fraction of sp³-hybridized carbons (Fsp3) is 0.182. The molecular weight excluding hydrogens is 356 g/mol. The monoisotopic (exact) mass is 378 g/mol. The van der Waals surface area contributed by atoms with Crippen molar-refractivity contribution in [3.05, 3.63) is 89.0 Å². The first kappa shape index (κ1) is 19.2. The number of para-hydroxylation sites is 1. The molecule has 1 aliphatic rings. The Labute approximate surface area is 163 Å². The molecule has 0 aromatic heterocycles. The van der Waals surface area contributed by atoms with E-state index in [1.54, 1.807) is 26.0 Å². The Morgan fingerprint density at radius 2 is 1.64 bits per heavy atom. The molecule has 0 saturated heterocycles. The van der Waals surface area contributed by atoms with Crippen molar-refractivity contribution in [1.82, 2.24) is 0 Å². The number of esters is 1. The standard InChI is InChI=1S/C22H22N2O4/c1-3-27-22(26)19-18(15-10-6-4-7-11-15)17(14(2)28-20(19)23)21(25)24-16-12-8-5-9-13-16/h4-13,18H,3,23H2,1-2H3,(H,24,25)/t18-/m0/s1. The molecule has 0 radical (unpaired) electrons. The maximum atomic E-state index is 13.1. The van der Waals surface area contributed by atoms with Gasteiger partial charge in [-0.15, -0.1) is 0 Å². The van der Waals surface area contributed by atoms with Gasteiger partial charge < -0.3 is 20.5 Å². The van der Waals surface area contributed by atoms with E-state index in [4.69, 9.17) is 15.2 Å². The lowest BCUT2D eigenvalue weighted by Crippen LogP contribution is -2.31. The minimum atomic E-state index is -0.697. The number of amides is 1. The van der Waals surface area contributed by atoms with Gasteiger partial charge in [-0.3, -0.25) is 4.79 Å². The van der Waals surface area contributed by atoms with Crippen LogP contribution in [0.15, 0.2) is 83.5 Å². The predicted molar refractivity (Wildman–Crippen MR) is 106 cm³/mol. The van der Waals surface area contributed by atoms with Crippen LogP contribution in [-0.4, -0.2) is 18.5 Å². The Hall–Kier alpha value is -3.54. The zero-order valence-electron chi connectivity index (χ0n) is 15.8. The van der Waals surface area contributed by atoms with E-state index < -0.39 is 11.9 Å². The molecule has 6 heteroatoms. The van der Waals surface area contributed by atoms with Crippen LogP contribution < -0.4 is 11.1 Å². The minimum Gasteiger partial charge on any atom is -0.462 e. The molecule has 3 N–H and O–H groups in total. The van der Waals surface area contributed by atoms with Gasteiger partial charge in [0.2, 0.25) is 5.88 Å². The molecule has 2 aromatic carbocycles. The summed E-state index contributed by atoms with van der Waals surface area (Å²) < 4.78 is 10.7. The summed E-state index contributed by atoms with van der Waals surface area (Å²) in [6.45, 7) is 3.55. The smallest absolute Gasteiger partial charge is 0.340 e. The molecule has 144 valence electrons. The molecule has 0 spiro atoms. The summed E-state index contributed by atoms with van der Waals surface area (Å²) in [4.78, 5) is 25.8. The van der Waals surface area contributed by atoms with Crippen LogP contribution in [0.5, 0.6) is 0 Å². The van der Waals surface area contributed by atoms with Gasteiger partial charge in [0, 0.05) is 5.69 Å². The molecule has 6 nitrogen and oxygen atoms in total. The number of hydrogen-bond donors (Lipinski definition) is 2. The van der Waals surface area contributed by atoms with Crippen LogP contribution in [0.3, 0.4) is 0 Å². The lowest BCUT2D eigenvalue weighted by molar-refractivity contribution is -0.139. The van der Waals surface area contributed by atoms with Gasteiger partial charge in [0.1, 0.15) is 11.3 Å². The van der Waals surface area contributed by atoms with E-state index in [2.05, 4.69) is 5.32 Å². The maximum absolute atomic E-state index is 13.1. The maximum Gasteiger partial charge on any atom is 0.340 e. The first-order valence-corrected chi connectivity index (χ1v) is 8.99. The van der Waals surface area contributed by atoms with Crippen LogP contribution in [0, 0.1) is 0 Å². The van der Waals surface area contributed by atoms with Crippen LogP contribution in [0.25, 0.3) is 0 Å². The topological polar surface area (TPSA) is 90.7 Å². The van der Waals surface area contributed by atoms with Crippen molar-refractivity contribution in [3.63, 3.8) is 0 Å². The van der Waals surface area contributed by atoms with Crippen LogP contribution in [-0.2, 0) is 19.1 Å². The predicted octanol–water partition coefficient (Wildman–Crippen LogP) is 3.45. The van der Waals surface area contributed by atoms with E-state index in [0.29, 0.717) is 17.0 Å². The molecule has 0 bridgehead atoms. The molecule has 0 fully saturated rings. The number of carbonyl (C=O) groups excluding carboxylic acids is 2. The van der Waals surface area contributed by atoms with Crippen molar-refractivity contribution < 1.29 is 19.1 Å². The molecule has 0 aliphatic carbocycles. The van der Waals surface area contributed by atoms with Crippen molar-refractivity contribution in [2.75, 3.05) is 11.9 Å². The number of carbonyl (C=O) groups is 2. The molecule has 1 atom stereocenters. The molecule has 28 heavy (non-hydrogen) atoms. The molecule has 0 unspecified atom stereocenters. The molecule has 1 aliphatic heterocycles. The molecule has 1 heterocycles. The zero-order chi connectivity index (χ0) is 20.1. The fourth-order valence-electron chi connectivity index (χ4n) is 3.18.